The smallest absolute Gasteiger partial charge is 0.241 e. The second-order valence-electron chi connectivity index (χ2n) is 7.65. The molecular formula is C20H32N2O4S. The molecule has 0 saturated carbocycles. The van der Waals surface area contributed by atoms with Gasteiger partial charge in [0.25, 0.3) is 0 Å². The molecule has 2 rings (SSSR count). The van der Waals surface area contributed by atoms with Crippen LogP contribution in [0.5, 0.6) is 5.75 Å². The lowest BCUT2D eigenvalue weighted by molar-refractivity contribution is -0.132. The molecule has 0 radical (unpaired) electrons. The van der Waals surface area contributed by atoms with Gasteiger partial charge < -0.3 is 9.64 Å². The number of amides is 1. The number of likely N-dealkylation sites (tertiary alicyclic amines) is 1. The highest BCUT2D eigenvalue weighted by molar-refractivity contribution is 7.89. The molecule has 7 heteroatoms. The van der Waals surface area contributed by atoms with E-state index in [-0.39, 0.29) is 16.7 Å². The maximum atomic E-state index is 13.1. The number of hydrogen-bond donors (Lipinski definition) is 1. The van der Waals surface area contributed by atoms with Crippen molar-refractivity contribution < 1.29 is 17.9 Å². The van der Waals surface area contributed by atoms with E-state index in [2.05, 4.69) is 4.72 Å². The zero-order valence-corrected chi connectivity index (χ0v) is 17.9. The Bertz CT molecular complexity index is 768. The zero-order valence-electron chi connectivity index (χ0n) is 17.0. The van der Waals surface area contributed by atoms with Gasteiger partial charge in [0.05, 0.1) is 11.5 Å². The van der Waals surface area contributed by atoms with Crippen LogP contribution in [-0.2, 0) is 14.8 Å². The normalized spacial score (nSPS) is 16.0. The van der Waals surface area contributed by atoms with Crippen LogP contribution >= 0.6 is 0 Å². The number of carbonyl (C=O) groups excluding carboxylic acids is 1. The van der Waals surface area contributed by atoms with Gasteiger partial charge >= 0.3 is 0 Å². The van der Waals surface area contributed by atoms with Gasteiger partial charge in [-0.3, -0.25) is 4.79 Å². The molecule has 1 heterocycles. The van der Waals surface area contributed by atoms with Crippen LogP contribution in [0.3, 0.4) is 0 Å². The van der Waals surface area contributed by atoms with Gasteiger partial charge in [-0.2, -0.15) is 4.72 Å². The summed E-state index contributed by atoms with van der Waals surface area (Å²) < 4.78 is 34.4. The summed E-state index contributed by atoms with van der Waals surface area (Å²) in [5, 5.41) is 0. The molecule has 0 aromatic heterocycles. The summed E-state index contributed by atoms with van der Waals surface area (Å²) >= 11 is 0. The van der Waals surface area contributed by atoms with Crippen molar-refractivity contribution in [2.75, 3.05) is 19.7 Å². The fourth-order valence-corrected chi connectivity index (χ4v) is 4.96. The topological polar surface area (TPSA) is 75.7 Å². The van der Waals surface area contributed by atoms with E-state index in [4.69, 9.17) is 4.74 Å². The average molecular weight is 397 g/mol. The van der Waals surface area contributed by atoms with Gasteiger partial charge in [0.2, 0.25) is 15.9 Å². The molecule has 152 valence electrons. The van der Waals surface area contributed by atoms with E-state index in [1.165, 1.54) is 0 Å². The van der Waals surface area contributed by atoms with E-state index in [9.17, 15) is 13.2 Å². The monoisotopic (exact) mass is 396 g/mol. The Morgan fingerprint density at radius 1 is 1.19 bits per heavy atom. The molecule has 0 bridgehead atoms. The molecule has 0 aliphatic carbocycles. The summed E-state index contributed by atoms with van der Waals surface area (Å²) in [4.78, 5) is 14.8. The fourth-order valence-electron chi connectivity index (χ4n) is 3.44. The molecule has 1 aromatic carbocycles. The standard InChI is InChI=1S/C20H32N2O4S/c1-6-26-18-12-16(5)19(13-15(18)4)27(24,25)21-17(11-14(2)3)20(23)22-9-7-8-10-22/h12-14,17,21H,6-11H2,1-5H3/t17-/m1/s1. The molecular weight excluding hydrogens is 364 g/mol. The molecule has 1 atom stereocenters. The van der Waals surface area contributed by atoms with E-state index < -0.39 is 16.1 Å². The average Bonchev–Trinajstić information content (AvgIpc) is 3.10. The van der Waals surface area contributed by atoms with Crippen molar-refractivity contribution in [3.8, 4) is 5.75 Å². The van der Waals surface area contributed by atoms with Crippen molar-refractivity contribution in [1.29, 1.82) is 0 Å². The Balaban J connectivity index is 2.30. The molecule has 1 amide bonds. The summed E-state index contributed by atoms with van der Waals surface area (Å²) in [6, 6.07) is 2.63. The van der Waals surface area contributed by atoms with E-state index in [1.807, 2.05) is 27.7 Å². The Hall–Kier alpha value is -1.60. The van der Waals surface area contributed by atoms with Gasteiger partial charge in [-0.05, 0) is 69.2 Å². The first-order chi connectivity index (χ1) is 12.7. The van der Waals surface area contributed by atoms with Gasteiger partial charge in [-0.1, -0.05) is 13.8 Å². The minimum atomic E-state index is -3.82. The van der Waals surface area contributed by atoms with Crippen LogP contribution in [-0.4, -0.2) is 45.0 Å². The van der Waals surface area contributed by atoms with Crippen molar-refractivity contribution in [2.24, 2.45) is 5.92 Å². The van der Waals surface area contributed by atoms with Crippen molar-refractivity contribution in [3.05, 3.63) is 23.3 Å². The molecule has 6 nitrogen and oxygen atoms in total. The summed E-state index contributed by atoms with van der Waals surface area (Å²) in [5.74, 6) is 0.762. The first kappa shape index (κ1) is 21.7. The van der Waals surface area contributed by atoms with E-state index in [1.54, 1.807) is 24.0 Å². The van der Waals surface area contributed by atoms with Gasteiger partial charge in [0.1, 0.15) is 11.8 Å². The lowest BCUT2D eigenvalue weighted by atomic mass is 10.0. The van der Waals surface area contributed by atoms with E-state index in [0.717, 1.165) is 18.4 Å². The molecule has 1 fully saturated rings. The second kappa shape index (κ2) is 9.06. The molecule has 1 saturated heterocycles. The second-order valence-corrected chi connectivity index (χ2v) is 9.33. The summed E-state index contributed by atoms with van der Waals surface area (Å²) in [6.45, 7) is 11.4. The Morgan fingerprint density at radius 2 is 1.81 bits per heavy atom. The van der Waals surface area contributed by atoms with Crippen molar-refractivity contribution in [3.63, 3.8) is 0 Å². The van der Waals surface area contributed by atoms with Gasteiger partial charge in [0.15, 0.2) is 0 Å². The Kier molecular flexibility index (Phi) is 7.28. The van der Waals surface area contributed by atoms with Crippen LogP contribution in [0.2, 0.25) is 0 Å². The third-order valence-corrected chi connectivity index (χ3v) is 6.40. The Morgan fingerprint density at radius 3 is 2.37 bits per heavy atom. The summed E-state index contributed by atoms with van der Waals surface area (Å²) in [6.07, 6.45) is 2.43. The number of nitrogens with one attached hydrogen (secondary N) is 1. The van der Waals surface area contributed by atoms with Crippen LogP contribution in [0.1, 0.15) is 51.2 Å². The summed E-state index contributed by atoms with van der Waals surface area (Å²) in [7, 11) is -3.82. The molecule has 1 N–H and O–H groups in total. The van der Waals surface area contributed by atoms with Gasteiger partial charge in [-0.15, -0.1) is 0 Å². The van der Waals surface area contributed by atoms with E-state index in [0.29, 0.717) is 37.4 Å². The van der Waals surface area contributed by atoms with Crippen molar-refractivity contribution >= 4 is 15.9 Å². The Labute approximate surface area is 163 Å². The highest BCUT2D eigenvalue weighted by atomic mass is 32.2. The molecule has 0 unspecified atom stereocenters. The highest BCUT2D eigenvalue weighted by Crippen LogP contribution is 2.26. The summed E-state index contributed by atoms with van der Waals surface area (Å²) in [5.41, 5.74) is 1.36. The highest BCUT2D eigenvalue weighted by Gasteiger charge is 2.31. The number of aryl methyl sites for hydroxylation is 2. The van der Waals surface area contributed by atoms with Crippen molar-refractivity contribution in [2.45, 2.75) is 64.8 Å². The maximum absolute atomic E-state index is 13.1. The third-order valence-electron chi connectivity index (χ3n) is 4.78. The number of ether oxygens (including phenoxy) is 1. The van der Waals surface area contributed by atoms with Crippen LogP contribution in [0.15, 0.2) is 17.0 Å². The maximum Gasteiger partial charge on any atom is 0.241 e. The number of rotatable bonds is 8. The number of nitrogens with zero attached hydrogens (tertiary/aromatic N) is 1. The zero-order chi connectivity index (χ0) is 20.2. The lowest BCUT2D eigenvalue weighted by Gasteiger charge is -2.25. The molecule has 27 heavy (non-hydrogen) atoms. The SMILES string of the molecule is CCOc1cc(C)c(S(=O)(=O)N[C@H](CC(C)C)C(=O)N2CCCC2)cc1C. The van der Waals surface area contributed by atoms with Gasteiger partial charge in [0, 0.05) is 13.1 Å². The predicted molar refractivity (Wildman–Crippen MR) is 106 cm³/mol. The minimum Gasteiger partial charge on any atom is -0.494 e. The van der Waals surface area contributed by atoms with Crippen LogP contribution in [0.25, 0.3) is 0 Å². The van der Waals surface area contributed by atoms with Gasteiger partial charge in [-0.25, -0.2) is 8.42 Å². The number of sulfonamides is 1. The predicted octanol–water partition coefficient (Wildman–Crippen LogP) is 3.02. The molecule has 0 spiro atoms. The first-order valence-electron chi connectivity index (χ1n) is 9.70. The minimum absolute atomic E-state index is 0.120. The molecule has 1 aliphatic heterocycles. The molecule has 1 aliphatic rings. The number of hydrogen-bond acceptors (Lipinski definition) is 4. The fraction of sp³-hybridized carbons (Fsp3) is 0.650. The lowest BCUT2D eigenvalue weighted by Crippen LogP contribution is -2.48. The van der Waals surface area contributed by atoms with Crippen molar-refractivity contribution in [1.82, 2.24) is 9.62 Å². The molecule has 1 aromatic rings. The first-order valence-corrected chi connectivity index (χ1v) is 11.2. The van der Waals surface area contributed by atoms with Crippen LogP contribution in [0.4, 0.5) is 0 Å². The van der Waals surface area contributed by atoms with Crippen LogP contribution in [0, 0.1) is 19.8 Å². The number of benzene rings is 1. The third kappa shape index (κ3) is 5.45. The van der Waals surface area contributed by atoms with Crippen LogP contribution < -0.4 is 9.46 Å². The number of carbonyl (C=O) groups is 1. The largest absolute Gasteiger partial charge is 0.494 e. The van der Waals surface area contributed by atoms with E-state index >= 15 is 0 Å². The quantitative estimate of drug-likeness (QED) is 0.733.